The third-order valence-electron chi connectivity index (χ3n) is 3.15. The van der Waals surface area contributed by atoms with Crippen LogP contribution in [0.15, 0.2) is 54.6 Å². The zero-order chi connectivity index (χ0) is 14.8. The molecule has 0 aliphatic carbocycles. The minimum atomic E-state index is -3.44. The van der Waals surface area contributed by atoms with E-state index in [4.69, 9.17) is 0 Å². The first-order valence-corrected chi connectivity index (χ1v) is 7.64. The van der Waals surface area contributed by atoms with Crippen LogP contribution < -0.4 is 4.31 Å². The molecule has 4 nitrogen and oxygen atoms in total. The lowest BCUT2D eigenvalue weighted by Crippen LogP contribution is -2.37. The molecule has 0 atom stereocenters. The van der Waals surface area contributed by atoms with E-state index in [0.717, 1.165) is 11.1 Å². The minimum absolute atomic E-state index is 0.637. The number of nitrogens with zero attached hydrogens (tertiary/aromatic N) is 2. The molecule has 20 heavy (non-hydrogen) atoms. The molecule has 0 unspecified atom stereocenters. The minimum Gasteiger partial charge on any atom is -0.261 e. The molecule has 0 aliphatic heterocycles. The quantitative estimate of drug-likeness (QED) is 0.868. The second-order valence-corrected chi connectivity index (χ2v) is 6.84. The van der Waals surface area contributed by atoms with Crippen molar-refractivity contribution >= 4 is 15.9 Å². The van der Waals surface area contributed by atoms with Gasteiger partial charge in [0, 0.05) is 21.1 Å². The fourth-order valence-corrected chi connectivity index (χ4v) is 2.75. The number of hydrogen-bond acceptors (Lipinski definition) is 2. The summed E-state index contributed by atoms with van der Waals surface area (Å²) < 4.78 is 26.5. The third kappa shape index (κ3) is 2.84. The van der Waals surface area contributed by atoms with E-state index in [-0.39, 0.29) is 0 Å². The second-order valence-electron chi connectivity index (χ2n) is 4.67. The SMILES string of the molecule is CN(C)S(=O)(=O)N(C)c1ccc(-c2ccccc2)cc1. The van der Waals surface area contributed by atoms with Gasteiger partial charge in [-0.25, -0.2) is 0 Å². The predicted octanol–water partition coefficient (Wildman–Crippen LogP) is 2.60. The third-order valence-corrected chi connectivity index (χ3v) is 4.97. The largest absolute Gasteiger partial charge is 0.303 e. The van der Waals surface area contributed by atoms with E-state index < -0.39 is 10.2 Å². The van der Waals surface area contributed by atoms with E-state index in [0.29, 0.717) is 5.69 Å². The highest BCUT2D eigenvalue weighted by Crippen LogP contribution is 2.24. The Morgan fingerprint density at radius 2 is 1.25 bits per heavy atom. The summed E-state index contributed by atoms with van der Waals surface area (Å²) in [6.07, 6.45) is 0. The van der Waals surface area contributed by atoms with Gasteiger partial charge in [0.2, 0.25) is 0 Å². The molecule has 0 bridgehead atoms. The highest BCUT2D eigenvalue weighted by molar-refractivity contribution is 7.90. The van der Waals surface area contributed by atoms with Crippen molar-refractivity contribution in [2.45, 2.75) is 0 Å². The fourth-order valence-electron chi connectivity index (χ4n) is 1.87. The topological polar surface area (TPSA) is 40.6 Å². The summed E-state index contributed by atoms with van der Waals surface area (Å²) in [5.74, 6) is 0. The summed E-state index contributed by atoms with van der Waals surface area (Å²) in [7, 11) is 1.14. The Balaban J connectivity index is 2.30. The fraction of sp³-hybridized carbons (Fsp3) is 0.200. The van der Waals surface area contributed by atoms with Gasteiger partial charge in [0.25, 0.3) is 0 Å². The van der Waals surface area contributed by atoms with Crippen LogP contribution in [-0.4, -0.2) is 33.9 Å². The molecule has 0 spiro atoms. The van der Waals surface area contributed by atoms with Gasteiger partial charge in [-0.3, -0.25) is 4.31 Å². The van der Waals surface area contributed by atoms with Gasteiger partial charge in [0.1, 0.15) is 0 Å². The molecule has 2 rings (SSSR count). The maximum absolute atomic E-state index is 12.0. The van der Waals surface area contributed by atoms with Crippen LogP contribution in [0, 0.1) is 0 Å². The van der Waals surface area contributed by atoms with Crippen LogP contribution in [0.25, 0.3) is 11.1 Å². The summed E-state index contributed by atoms with van der Waals surface area (Å²) in [6, 6.07) is 17.4. The van der Waals surface area contributed by atoms with Crippen molar-refractivity contribution in [2.75, 3.05) is 25.4 Å². The number of hydrogen-bond donors (Lipinski definition) is 0. The van der Waals surface area contributed by atoms with Gasteiger partial charge in [-0.1, -0.05) is 42.5 Å². The molecule has 0 aromatic heterocycles. The van der Waals surface area contributed by atoms with Gasteiger partial charge >= 0.3 is 10.2 Å². The van der Waals surface area contributed by atoms with Crippen molar-refractivity contribution in [3.63, 3.8) is 0 Å². The Bertz CT molecular complexity index is 665. The van der Waals surface area contributed by atoms with Gasteiger partial charge in [-0.15, -0.1) is 0 Å². The molecule has 2 aromatic rings. The van der Waals surface area contributed by atoms with Gasteiger partial charge in [-0.05, 0) is 23.3 Å². The smallest absolute Gasteiger partial charge is 0.261 e. The number of rotatable bonds is 4. The normalized spacial score (nSPS) is 11.6. The zero-order valence-corrected chi connectivity index (χ0v) is 12.6. The standard InChI is InChI=1S/C15H18N2O2S/c1-16(2)20(18,19)17(3)15-11-9-14(10-12-15)13-7-5-4-6-8-13/h4-12H,1-3H3. The second kappa shape index (κ2) is 5.64. The maximum atomic E-state index is 12.0. The molecule has 106 valence electrons. The molecule has 0 saturated heterocycles. The molecule has 0 saturated carbocycles. The zero-order valence-electron chi connectivity index (χ0n) is 11.8. The molecule has 2 aromatic carbocycles. The van der Waals surface area contributed by atoms with E-state index in [9.17, 15) is 8.42 Å². The van der Waals surface area contributed by atoms with Crippen LogP contribution in [0.2, 0.25) is 0 Å². The number of benzene rings is 2. The Kier molecular flexibility index (Phi) is 4.11. The first kappa shape index (κ1) is 14.6. The van der Waals surface area contributed by atoms with Crippen molar-refractivity contribution in [1.29, 1.82) is 0 Å². The van der Waals surface area contributed by atoms with Gasteiger partial charge in [-0.2, -0.15) is 12.7 Å². The Morgan fingerprint density at radius 1 is 0.750 bits per heavy atom. The van der Waals surface area contributed by atoms with Gasteiger partial charge < -0.3 is 0 Å². The molecular weight excluding hydrogens is 272 g/mol. The molecule has 0 N–H and O–H groups in total. The Morgan fingerprint density at radius 3 is 1.75 bits per heavy atom. The van der Waals surface area contributed by atoms with E-state index in [2.05, 4.69) is 0 Å². The molecule has 0 heterocycles. The van der Waals surface area contributed by atoms with Crippen LogP contribution in [0.1, 0.15) is 0 Å². The van der Waals surface area contributed by atoms with Crippen LogP contribution >= 0.6 is 0 Å². The summed E-state index contributed by atoms with van der Waals surface area (Å²) in [5.41, 5.74) is 2.81. The van der Waals surface area contributed by atoms with E-state index >= 15 is 0 Å². The molecule has 0 radical (unpaired) electrons. The maximum Gasteiger partial charge on any atom is 0.303 e. The van der Waals surface area contributed by atoms with Crippen molar-refractivity contribution in [3.8, 4) is 11.1 Å². The summed E-state index contributed by atoms with van der Waals surface area (Å²) in [4.78, 5) is 0. The summed E-state index contributed by atoms with van der Waals surface area (Å²) in [5, 5.41) is 0. The van der Waals surface area contributed by atoms with E-state index in [1.807, 2.05) is 54.6 Å². The average Bonchev–Trinajstić information content (AvgIpc) is 2.47. The van der Waals surface area contributed by atoms with Crippen molar-refractivity contribution in [1.82, 2.24) is 4.31 Å². The highest BCUT2D eigenvalue weighted by atomic mass is 32.2. The first-order chi connectivity index (χ1) is 9.43. The summed E-state index contributed by atoms with van der Waals surface area (Å²) >= 11 is 0. The van der Waals surface area contributed by atoms with Gasteiger partial charge in [0.05, 0.1) is 5.69 Å². The highest BCUT2D eigenvalue weighted by Gasteiger charge is 2.20. The molecule has 5 heteroatoms. The first-order valence-electron chi connectivity index (χ1n) is 6.25. The van der Waals surface area contributed by atoms with Gasteiger partial charge in [0.15, 0.2) is 0 Å². The molecular formula is C15H18N2O2S. The predicted molar refractivity (Wildman–Crippen MR) is 82.9 cm³/mol. The summed E-state index contributed by atoms with van der Waals surface area (Å²) in [6.45, 7) is 0. The molecule has 0 amide bonds. The Labute approximate surface area is 120 Å². The monoisotopic (exact) mass is 290 g/mol. The van der Waals surface area contributed by atoms with Crippen molar-refractivity contribution in [3.05, 3.63) is 54.6 Å². The average molecular weight is 290 g/mol. The lowest BCUT2D eigenvalue weighted by atomic mass is 10.1. The lowest BCUT2D eigenvalue weighted by molar-refractivity contribution is 0.519. The van der Waals surface area contributed by atoms with Crippen LogP contribution in [0.5, 0.6) is 0 Å². The molecule has 0 fully saturated rings. The number of anilines is 1. The van der Waals surface area contributed by atoms with Crippen molar-refractivity contribution < 1.29 is 8.42 Å². The van der Waals surface area contributed by atoms with E-state index in [1.54, 1.807) is 7.05 Å². The lowest BCUT2D eigenvalue weighted by Gasteiger charge is -2.23. The van der Waals surface area contributed by atoms with Crippen LogP contribution in [-0.2, 0) is 10.2 Å². The van der Waals surface area contributed by atoms with Crippen LogP contribution in [0.4, 0.5) is 5.69 Å². The molecule has 0 aliphatic rings. The van der Waals surface area contributed by atoms with Crippen molar-refractivity contribution in [2.24, 2.45) is 0 Å². The van der Waals surface area contributed by atoms with E-state index in [1.165, 1.54) is 22.7 Å². The van der Waals surface area contributed by atoms with Crippen LogP contribution in [0.3, 0.4) is 0 Å². The Hall–Kier alpha value is -1.85.